The largest absolute Gasteiger partial charge is 0.458 e. The number of hydrogen-bond acceptors (Lipinski definition) is 6. The Morgan fingerprint density at radius 1 is 1.11 bits per heavy atom. The Bertz CT molecular complexity index is 1290. The van der Waals surface area contributed by atoms with E-state index in [1.807, 2.05) is 0 Å². The number of furan rings is 1. The van der Waals surface area contributed by atoms with Gasteiger partial charge in [-0.3, -0.25) is 9.25 Å². The van der Waals surface area contributed by atoms with Gasteiger partial charge in [-0.25, -0.2) is 17.9 Å². The van der Waals surface area contributed by atoms with Crippen molar-refractivity contribution in [2.75, 3.05) is 0 Å². The second-order valence-electron chi connectivity index (χ2n) is 5.99. The molecule has 0 amide bonds. The SMILES string of the molecule is Cn1nccc1-c1ccc(CNS(=O)(=O)c2ccc3oc(=O)n(C)c3c2)o1. The smallest absolute Gasteiger partial charge is 0.419 e. The molecule has 1 N–H and O–H groups in total. The molecule has 0 radical (unpaired) electrons. The molecular weight excluding hydrogens is 372 g/mol. The first-order chi connectivity index (χ1) is 12.8. The Balaban J connectivity index is 1.56. The number of aryl methyl sites for hydroxylation is 2. The van der Waals surface area contributed by atoms with Gasteiger partial charge in [0.15, 0.2) is 11.3 Å². The number of aromatic nitrogens is 3. The molecule has 0 aliphatic rings. The maximum atomic E-state index is 12.6. The number of benzene rings is 1. The minimum atomic E-state index is -3.79. The molecule has 1 aromatic carbocycles. The van der Waals surface area contributed by atoms with Crippen molar-refractivity contribution in [3.05, 3.63) is 58.9 Å². The summed E-state index contributed by atoms with van der Waals surface area (Å²) in [6, 6.07) is 9.50. The predicted molar refractivity (Wildman–Crippen MR) is 96.4 cm³/mol. The molecular formula is C17H16N4O5S. The van der Waals surface area contributed by atoms with Gasteiger partial charge in [0.25, 0.3) is 0 Å². The Morgan fingerprint density at radius 2 is 1.93 bits per heavy atom. The zero-order valence-electron chi connectivity index (χ0n) is 14.5. The summed E-state index contributed by atoms with van der Waals surface area (Å²) < 4.78 is 41.3. The normalized spacial score (nSPS) is 12.1. The molecule has 0 unspecified atom stereocenters. The number of rotatable bonds is 5. The van der Waals surface area contributed by atoms with Crippen molar-refractivity contribution >= 4 is 21.1 Å². The van der Waals surface area contributed by atoms with Crippen molar-refractivity contribution in [3.63, 3.8) is 0 Å². The molecule has 0 bridgehead atoms. The molecule has 140 valence electrons. The molecule has 4 rings (SSSR count). The lowest BCUT2D eigenvalue weighted by Gasteiger charge is -2.06. The quantitative estimate of drug-likeness (QED) is 0.556. The van der Waals surface area contributed by atoms with Gasteiger partial charge in [-0.2, -0.15) is 5.10 Å². The van der Waals surface area contributed by atoms with E-state index in [1.54, 1.807) is 36.1 Å². The van der Waals surface area contributed by atoms with E-state index in [0.29, 0.717) is 22.6 Å². The first-order valence-electron chi connectivity index (χ1n) is 8.01. The molecule has 3 heterocycles. The lowest BCUT2D eigenvalue weighted by Crippen LogP contribution is -2.23. The molecule has 10 heteroatoms. The van der Waals surface area contributed by atoms with Crippen LogP contribution in [0.3, 0.4) is 0 Å². The highest BCUT2D eigenvalue weighted by Gasteiger charge is 2.18. The highest BCUT2D eigenvalue weighted by atomic mass is 32.2. The van der Waals surface area contributed by atoms with E-state index < -0.39 is 15.8 Å². The van der Waals surface area contributed by atoms with Gasteiger partial charge < -0.3 is 8.83 Å². The summed E-state index contributed by atoms with van der Waals surface area (Å²) in [6.45, 7) is -0.0114. The summed E-state index contributed by atoms with van der Waals surface area (Å²) in [4.78, 5) is 11.6. The maximum Gasteiger partial charge on any atom is 0.419 e. The molecule has 0 aliphatic carbocycles. The summed E-state index contributed by atoms with van der Waals surface area (Å²) in [5, 5.41) is 4.07. The highest BCUT2D eigenvalue weighted by molar-refractivity contribution is 7.89. The Hall–Kier alpha value is -3.11. The fraction of sp³-hybridized carbons (Fsp3) is 0.176. The van der Waals surface area contributed by atoms with Gasteiger partial charge in [-0.1, -0.05) is 0 Å². The summed E-state index contributed by atoms with van der Waals surface area (Å²) >= 11 is 0. The van der Waals surface area contributed by atoms with Crippen LogP contribution in [0.2, 0.25) is 0 Å². The average molecular weight is 388 g/mol. The Labute approximate surface area is 153 Å². The van der Waals surface area contributed by atoms with E-state index >= 15 is 0 Å². The van der Waals surface area contributed by atoms with E-state index in [-0.39, 0.29) is 11.4 Å². The van der Waals surface area contributed by atoms with Crippen molar-refractivity contribution in [1.29, 1.82) is 0 Å². The highest BCUT2D eigenvalue weighted by Crippen LogP contribution is 2.22. The topological polar surface area (TPSA) is 112 Å². The van der Waals surface area contributed by atoms with Gasteiger partial charge in [0.1, 0.15) is 11.5 Å². The zero-order valence-corrected chi connectivity index (χ0v) is 15.4. The van der Waals surface area contributed by atoms with Crippen LogP contribution in [0.1, 0.15) is 5.76 Å². The second-order valence-corrected chi connectivity index (χ2v) is 7.75. The number of sulfonamides is 1. The third kappa shape index (κ3) is 3.09. The van der Waals surface area contributed by atoms with E-state index in [2.05, 4.69) is 9.82 Å². The van der Waals surface area contributed by atoms with E-state index in [0.717, 1.165) is 5.69 Å². The van der Waals surface area contributed by atoms with Crippen molar-refractivity contribution in [2.24, 2.45) is 14.1 Å². The molecule has 0 saturated heterocycles. The lowest BCUT2D eigenvalue weighted by atomic mass is 10.3. The van der Waals surface area contributed by atoms with Gasteiger partial charge >= 0.3 is 5.76 Å². The summed E-state index contributed by atoms with van der Waals surface area (Å²) in [5.74, 6) is 0.511. The van der Waals surface area contributed by atoms with Crippen LogP contribution in [0.25, 0.3) is 22.6 Å². The standard InChI is InChI=1S/C17H16N4O5S/c1-20-14-9-12(4-6-16(14)26-17(20)22)27(23,24)19-10-11-3-5-15(25-11)13-7-8-18-21(13)2/h3-9,19H,10H2,1-2H3. The predicted octanol–water partition coefficient (Wildman–Crippen LogP) is 1.60. The molecule has 0 atom stereocenters. The zero-order chi connectivity index (χ0) is 19.2. The minimum absolute atomic E-state index is 0.0114. The van der Waals surface area contributed by atoms with Crippen LogP contribution in [0.5, 0.6) is 0 Å². The molecule has 27 heavy (non-hydrogen) atoms. The third-order valence-corrected chi connectivity index (χ3v) is 5.64. The molecule has 0 aliphatic heterocycles. The molecule has 0 saturated carbocycles. The van der Waals surface area contributed by atoms with E-state index in [1.165, 1.54) is 29.8 Å². The molecule has 4 aromatic rings. The van der Waals surface area contributed by atoms with Crippen LogP contribution >= 0.6 is 0 Å². The number of hydrogen-bond donors (Lipinski definition) is 1. The molecule has 3 aromatic heterocycles. The number of nitrogens with zero attached hydrogens (tertiary/aromatic N) is 3. The van der Waals surface area contributed by atoms with E-state index in [4.69, 9.17) is 8.83 Å². The van der Waals surface area contributed by atoms with Gasteiger partial charge in [0.05, 0.1) is 17.0 Å². The molecule has 0 spiro atoms. The minimum Gasteiger partial charge on any atom is -0.458 e. The van der Waals surface area contributed by atoms with Gasteiger partial charge in [-0.15, -0.1) is 0 Å². The van der Waals surface area contributed by atoms with E-state index in [9.17, 15) is 13.2 Å². The maximum absolute atomic E-state index is 12.6. The van der Waals surface area contributed by atoms with Crippen molar-refractivity contribution < 1.29 is 17.3 Å². The Kier molecular flexibility index (Phi) is 4.01. The van der Waals surface area contributed by atoms with Crippen LogP contribution in [-0.2, 0) is 30.7 Å². The van der Waals surface area contributed by atoms with Crippen LogP contribution in [-0.4, -0.2) is 22.8 Å². The number of oxazole rings is 1. The van der Waals surface area contributed by atoms with Gasteiger partial charge in [-0.05, 0) is 36.4 Å². The average Bonchev–Trinajstić information content (AvgIpc) is 3.33. The van der Waals surface area contributed by atoms with Crippen molar-refractivity contribution in [2.45, 2.75) is 11.4 Å². The summed E-state index contributed by atoms with van der Waals surface area (Å²) in [6.07, 6.45) is 1.65. The molecule has 0 fully saturated rings. The van der Waals surface area contributed by atoms with Crippen LogP contribution < -0.4 is 10.5 Å². The fourth-order valence-electron chi connectivity index (χ4n) is 2.75. The molecule has 9 nitrogen and oxygen atoms in total. The first-order valence-corrected chi connectivity index (χ1v) is 9.50. The van der Waals surface area contributed by atoms with Crippen molar-refractivity contribution in [3.8, 4) is 11.5 Å². The lowest BCUT2D eigenvalue weighted by molar-refractivity contribution is 0.505. The monoisotopic (exact) mass is 388 g/mol. The second kappa shape index (κ2) is 6.25. The van der Waals surface area contributed by atoms with Crippen LogP contribution in [0, 0.1) is 0 Å². The summed E-state index contributed by atoms with van der Waals surface area (Å²) in [5.41, 5.74) is 1.52. The van der Waals surface area contributed by atoms with Gasteiger partial charge in [0, 0.05) is 20.3 Å². The van der Waals surface area contributed by atoms with Gasteiger partial charge in [0.2, 0.25) is 10.0 Å². The Morgan fingerprint density at radius 3 is 2.67 bits per heavy atom. The van der Waals surface area contributed by atoms with Crippen LogP contribution in [0.4, 0.5) is 0 Å². The number of fused-ring (bicyclic) bond motifs is 1. The first kappa shape index (κ1) is 17.3. The fourth-order valence-corrected chi connectivity index (χ4v) is 3.76. The summed E-state index contributed by atoms with van der Waals surface area (Å²) in [7, 11) is -0.489. The van der Waals surface area contributed by atoms with Crippen LogP contribution in [0.15, 0.2) is 61.1 Å². The third-order valence-electron chi connectivity index (χ3n) is 4.24. The number of nitrogens with one attached hydrogen (secondary N) is 1. The van der Waals surface area contributed by atoms with Crippen molar-refractivity contribution in [1.82, 2.24) is 19.1 Å².